The molecule has 0 radical (unpaired) electrons. The molecule has 0 aliphatic carbocycles. The van der Waals surface area contributed by atoms with Gasteiger partial charge in [-0.1, -0.05) is 0 Å². The van der Waals surface area contributed by atoms with Gasteiger partial charge >= 0.3 is 17.9 Å². The highest BCUT2D eigenvalue weighted by atomic mass is 16.8. The second-order valence-electron chi connectivity index (χ2n) is 6.63. The zero-order chi connectivity index (χ0) is 25.1. The smallest absolute Gasteiger partial charge is 0.309 e. The largest absolute Gasteiger partial charge is 0.762 e. The third kappa shape index (κ3) is 11.1. The molecule has 1 aliphatic heterocycles. The Bertz CT molecular complexity index is 632. The Morgan fingerprint density at radius 3 is 1.70 bits per heavy atom. The molecule has 0 saturated carbocycles. The molecular weight excluding hydrogens is 462 g/mol. The standard InChI is InChI=1S/C15H24N3O15/c19-9(1-4-16(24)25)30-7-8-12(22)13(23)14(32-10(20)2-5-17(26)27)15(31-8)33-11(21)3-6-18(28)29/h8,12-15,22-24,26,28H,1-7H2/q-3/t8-,12-,13-,14-,15-/m1/s1. The Labute approximate surface area is 185 Å². The zero-order valence-corrected chi connectivity index (χ0v) is 17.0. The number of esters is 3. The lowest BCUT2D eigenvalue weighted by molar-refractivity contribution is -0.297. The van der Waals surface area contributed by atoms with Crippen LogP contribution in [0.3, 0.4) is 0 Å². The number of rotatable bonds is 13. The molecule has 0 aromatic rings. The minimum absolute atomic E-state index is 0.510. The van der Waals surface area contributed by atoms with Crippen molar-refractivity contribution in [2.75, 3.05) is 26.2 Å². The number of ether oxygens (including phenoxy) is 4. The normalized spacial score (nSPS) is 25.4. The van der Waals surface area contributed by atoms with E-state index in [0.717, 1.165) is 0 Å². The maximum Gasteiger partial charge on any atom is 0.309 e. The van der Waals surface area contributed by atoms with E-state index < -0.39 is 110 Å². The molecule has 18 nitrogen and oxygen atoms in total. The first-order valence-electron chi connectivity index (χ1n) is 9.37. The van der Waals surface area contributed by atoms with Crippen LogP contribution in [-0.2, 0) is 33.3 Å². The average Bonchev–Trinajstić information content (AvgIpc) is 2.73. The van der Waals surface area contributed by atoms with Crippen molar-refractivity contribution in [2.45, 2.75) is 50.0 Å². The summed E-state index contributed by atoms with van der Waals surface area (Å²) in [4.78, 5) is 35.3. The molecular formula is C15H24N3O15-3. The number of aliphatic hydroxyl groups excluding tert-OH is 2. The summed E-state index contributed by atoms with van der Waals surface area (Å²) >= 11 is 0. The van der Waals surface area contributed by atoms with E-state index in [1.54, 1.807) is 0 Å². The molecule has 33 heavy (non-hydrogen) atoms. The summed E-state index contributed by atoms with van der Waals surface area (Å²) in [6.07, 6.45) is -10.9. The first-order valence-corrected chi connectivity index (χ1v) is 9.37. The first-order chi connectivity index (χ1) is 15.4. The van der Waals surface area contributed by atoms with E-state index in [-0.39, 0.29) is 0 Å². The van der Waals surface area contributed by atoms with Crippen LogP contribution >= 0.6 is 0 Å². The molecule has 18 heteroatoms. The van der Waals surface area contributed by atoms with E-state index in [1.165, 1.54) is 0 Å². The van der Waals surface area contributed by atoms with Gasteiger partial charge in [0.05, 0.1) is 19.3 Å². The molecule has 1 rings (SSSR count). The van der Waals surface area contributed by atoms with Gasteiger partial charge in [-0.3, -0.25) is 30.1 Å². The van der Waals surface area contributed by atoms with E-state index in [4.69, 9.17) is 34.6 Å². The molecule has 5 N–H and O–H groups in total. The molecule has 0 aromatic carbocycles. The van der Waals surface area contributed by atoms with Crippen molar-refractivity contribution in [3.05, 3.63) is 15.6 Å². The van der Waals surface area contributed by atoms with Crippen molar-refractivity contribution in [3.8, 4) is 0 Å². The summed E-state index contributed by atoms with van der Waals surface area (Å²) in [6, 6.07) is 0. The van der Waals surface area contributed by atoms with Crippen LogP contribution in [0.2, 0.25) is 0 Å². The molecule has 1 saturated heterocycles. The molecule has 0 amide bonds. The number of carbonyl (C=O) groups is 3. The summed E-state index contributed by atoms with van der Waals surface area (Å²) in [5.41, 5.74) is 0. The van der Waals surface area contributed by atoms with Crippen LogP contribution in [-0.4, -0.2) is 116 Å². The summed E-state index contributed by atoms with van der Waals surface area (Å²) < 4.78 is 19.8. The minimum Gasteiger partial charge on any atom is -0.762 e. The third-order valence-electron chi connectivity index (χ3n) is 4.09. The Balaban J connectivity index is 2.85. The molecule has 1 fully saturated rings. The van der Waals surface area contributed by atoms with E-state index in [0.29, 0.717) is 0 Å². The number of nitrogens with zero attached hydrogens (tertiary/aromatic N) is 3. The number of hydrogen-bond acceptors (Lipinski definition) is 18. The maximum absolute atomic E-state index is 11.9. The Morgan fingerprint density at radius 2 is 1.21 bits per heavy atom. The number of aliphatic hydroxyl groups is 2. The number of hydroxylamine groups is 6. The van der Waals surface area contributed by atoms with Crippen molar-refractivity contribution >= 4 is 17.9 Å². The molecule has 0 aromatic heterocycles. The predicted molar refractivity (Wildman–Crippen MR) is 97.0 cm³/mol. The van der Waals surface area contributed by atoms with E-state index in [1.807, 2.05) is 0 Å². The summed E-state index contributed by atoms with van der Waals surface area (Å²) in [7, 11) is 0. The highest BCUT2D eigenvalue weighted by molar-refractivity contribution is 5.71. The fraction of sp³-hybridized carbons (Fsp3) is 0.800. The summed E-state index contributed by atoms with van der Waals surface area (Å²) in [5, 5.41) is 75.9. The van der Waals surface area contributed by atoms with E-state index >= 15 is 0 Å². The maximum atomic E-state index is 11.9. The lowest BCUT2D eigenvalue weighted by Crippen LogP contribution is -2.61. The van der Waals surface area contributed by atoms with Crippen LogP contribution in [0.15, 0.2) is 0 Å². The average molecular weight is 486 g/mol. The van der Waals surface area contributed by atoms with Crippen LogP contribution < -0.4 is 0 Å². The SMILES string of the molecule is O=C(CCN([O-])O)OC[C@H]1O[C@H](OC(=O)CCN([O-])O)[C@H](OC(=O)CCN([O-])O)[C@H](O)[C@@H]1O. The molecule has 0 bridgehead atoms. The predicted octanol–water partition coefficient (Wildman–Crippen LogP) is -2.83. The van der Waals surface area contributed by atoms with E-state index in [9.17, 15) is 40.2 Å². The van der Waals surface area contributed by atoms with Gasteiger partial charge in [-0.2, -0.15) is 0 Å². The van der Waals surface area contributed by atoms with Crippen molar-refractivity contribution in [1.82, 2.24) is 15.7 Å². The van der Waals surface area contributed by atoms with Gasteiger partial charge in [-0.15, -0.1) is 0 Å². The minimum atomic E-state index is -1.95. The van der Waals surface area contributed by atoms with Crippen molar-refractivity contribution in [3.63, 3.8) is 0 Å². The quantitative estimate of drug-likeness (QED) is 0.0996. The van der Waals surface area contributed by atoms with E-state index in [2.05, 4.69) is 0 Å². The third-order valence-corrected chi connectivity index (χ3v) is 4.09. The monoisotopic (exact) mass is 486 g/mol. The molecule has 0 spiro atoms. The van der Waals surface area contributed by atoms with Crippen LogP contribution in [0.25, 0.3) is 0 Å². The van der Waals surface area contributed by atoms with Gasteiger partial charge in [0, 0.05) is 19.6 Å². The Morgan fingerprint density at radius 1 is 0.758 bits per heavy atom. The van der Waals surface area contributed by atoms with Crippen LogP contribution in [0.1, 0.15) is 19.3 Å². The van der Waals surface area contributed by atoms with Gasteiger partial charge in [-0.05, 0) is 0 Å². The van der Waals surface area contributed by atoms with Gasteiger partial charge in [0.1, 0.15) is 24.9 Å². The fourth-order valence-corrected chi connectivity index (χ4v) is 2.47. The van der Waals surface area contributed by atoms with Crippen molar-refractivity contribution in [2.24, 2.45) is 0 Å². The van der Waals surface area contributed by atoms with Crippen molar-refractivity contribution in [1.29, 1.82) is 0 Å². The van der Waals surface area contributed by atoms with Crippen molar-refractivity contribution < 1.29 is 59.2 Å². The first kappa shape index (κ1) is 29.0. The van der Waals surface area contributed by atoms with Crippen LogP contribution in [0, 0.1) is 15.6 Å². The second kappa shape index (κ2) is 14.2. The highest BCUT2D eigenvalue weighted by Crippen LogP contribution is 2.26. The van der Waals surface area contributed by atoms with Gasteiger partial charge in [0.15, 0.2) is 6.10 Å². The molecule has 1 heterocycles. The zero-order valence-electron chi connectivity index (χ0n) is 17.0. The lowest BCUT2D eigenvalue weighted by atomic mass is 9.99. The van der Waals surface area contributed by atoms with Gasteiger partial charge in [0.2, 0.25) is 6.29 Å². The summed E-state index contributed by atoms with van der Waals surface area (Å²) in [5.74, 6) is -3.28. The lowest BCUT2D eigenvalue weighted by Gasteiger charge is -2.41. The molecule has 192 valence electrons. The fourth-order valence-electron chi connectivity index (χ4n) is 2.47. The molecule has 5 atom stereocenters. The number of carbonyl (C=O) groups excluding carboxylic acids is 3. The van der Waals surface area contributed by atoms with Gasteiger partial charge in [0.25, 0.3) is 0 Å². The van der Waals surface area contributed by atoms with Gasteiger partial charge in [-0.25, -0.2) is 0 Å². The summed E-state index contributed by atoms with van der Waals surface area (Å²) in [6.45, 7) is -2.71. The van der Waals surface area contributed by atoms with Gasteiger partial charge < -0.3 is 60.4 Å². The molecule has 0 unspecified atom stereocenters. The Hall–Kier alpha value is -2.07. The van der Waals surface area contributed by atoms with Crippen LogP contribution in [0.5, 0.6) is 0 Å². The highest BCUT2D eigenvalue weighted by Gasteiger charge is 2.49. The number of hydrogen-bond donors (Lipinski definition) is 5. The Kier molecular flexibility index (Phi) is 12.5. The topological polar surface area (TPSA) is 268 Å². The second-order valence-corrected chi connectivity index (χ2v) is 6.63. The van der Waals surface area contributed by atoms with Crippen LogP contribution in [0.4, 0.5) is 0 Å². The molecule has 1 aliphatic rings.